The maximum atomic E-state index is 15.4. The first-order valence-electron chi connectivity index (χ1n) is 20.1. The van der Waals surface area contributed by atoms with E-state index in [1.54, 1.807) is 12.1 Å². The van der Waals surface area contributed by atoms with E-state index in [4.69, 9.17) is 0 Å². The molecule has 23 heteroatoms. The molecule has 0 saturated heterocycles. The van der Waals surface area contributed by atoms with E-state index in [-0.39, 0.29) is 11.1 Å². The van der Waals surface area contributed by atoms with Gasteiger partial charge in [-0.1, -0.05) is 88.4 Å². The van der Waals surface area contributed by atoms with Gasteiger partial charge in [-0.15, -0.1) is 0 Å². The first-order valence-corrected chi connectivity index (χ1v) is 20.1. The number of Topliss-reactive ketones (excluding diaryl/α,β-unsaturated/α-hetero) is 5. The van der Waals surface area contributed by atoms with Crippen molar-refractivity contribution < 1.29 is 81.3 Å². The highest BCUT2D eigenvalue weighted by Gasteiger charge is 2.44. The first kappa shape index (κ1) is 54.5. The molecule has 0 aliphatic rings. The van der Waals surface area contributed by atoms with E-state index in [9.17, 15) is 72.5 Å². The second-order valence-corrected chi connectivity index (χ2v) is 15.5. The van der Waals surface area contributed by atoms with Crippen LogP contribution in [-0.2, 0) is 52.7 Å². The van der Waals surface area contributed by atoms with Gasteiger partial charge < -0.3 is 42.1 Å². The third-order valence-electron chi connectivity index (χ3n) is 9.54. The zero-order valence-corrected chi connectivity index (χ0v) is 36.4. The summed E-state index contributed by atoms with van der Waals surface area (Å²) >= 11 is 0. The number of carbonyl (C=O) groups is 13. The number of ketones is 5. The summed E-state index contributed by atoms with van der Waals surface area (Å²) in [4.78, 5) is 165. The van der Waals surface area contributed by atoms with Crippen LogP contribution in [0.3, 0.4) is 0 Å². The molecule has 0 spiro atoms. The van der Waals surface area contributed by atoms with Crippen LogP contribution >= 0.6 is 0 Å². The molecule has 0 aromatic heterocycles. The van der Waals surface area contributed by atoms with E-state index >= 15 is 8.78 Å². The van der Waals surface area contributed by atoms with Crippen molar-refractivity contribution in [1.29, 1.82) is 0 Å². The van der Waals surface area contributed by atoms with Gasteiger partial charge in [-0.05, 0) is 25.7 Å². The molecule has 2 aromatic rings. The van der Waals surface area contributed by atoms with Crippen molar-refractivity contribution in [3.8, 4) is 0 Å². The Morgan fingerprint density at radius 3 is 1.02 bits per heavy atom. The van der Waals surface area contributed by atoms with Gasteiger partial charge in [0.1, 0.15) is 36.3 Å². The summed E-state index contributed by atoms with van der Waals surface area (Å²) < 4.78 is 30.9. The molecule has 0 saturated carbocycles. The van der Waals surface area contributed by atoms with Crippen LogP contribution in [0, 0.1) is 11.8 Å². The number of halogens is 2. The van der Waals surface area contributed by atoms with Crippen molar-refractivity contribution in [3.63, 3.8) is 0 Å². The molecule has 66 heavy (non-hydrogen) atoms. The molecule has 6 amide bonds. The number of rotatable bonds is 26. The number of hydrogen-bond donors (Lipinski definition) is 8. The molecule has 21 nitrogen and oxygen atoms in total. The van der Waals surface area contributed by atoms with Gasteiger partial charge in [0.15, 0.2) is 11.6 Å². The minimum atomic E-state index is -3.67. The number of hydrogen-bond acceptors (Lipinski definition) is 13. The van der Waals surface area contributed by atoms with Crippen LogP contribution in [0.15, 0.2) is 60.7 Å². The molecule has 0 heterocycles. The van der Waals surface area contributed by atoms with Gasteiger partial charge >= 0.3 is 11.9 Å². The molecule has 0 aliphatic carbocycles. The van der Waals surface area contributed by atoms with Gasteiger partial charge in [0.25, 0.3) is 11.8 Å². The summed E-state index contributed by atoms with van der Waals surface area (Å²) in [6.07, 6.45) is -10.2. The van der Waals surface area contributed by atoms with Crippen LogP contribution in [0.5, 0.6) is 0 Å². The Labute approximate surface area is 375 Å². The van der Waals surface area contributed by atoms with Gasteiger partial charge in [0, 0.05) is 11.1 Å². The summed E-state index contributed by atoms with van der Waals surface area (Å²) in [6, 6.07) is 3.54. The molecule has 356 valence electrons. The molecule has 0 fully saturated rings. The normalized spacial score (nSPS) is 14.6. The van der Waals surface area contributed by atoms with Gasteiger partial charge in [-0.25, -0.2) is 8.78 Å². The molecule has 0 bridgehead atoms. The SMILES string of the molecule is CC(C)[C@H](NC(=O)C(=O)c1ccccc1)C(=O)N[C@@H](C)C(=O)N[C@@H](CC(=O)O)C(=O)C(F)C(=O)C(F)C(=O)[C@H](CC(=O)O)NC(=O)[C@H](C)NC(=O)[C@@H](NC(=O)C(=O)c1ccccc1)C(C)C. The second kappa shape index (κ2) is 25.0. The van der Waals surface area contributed by atoms with Crippen molar-refractivity contribution >= 4 is 76.3 Å². The van der Waals surface area contributed by atoms with E-state index in [2.05, 4.69) is 21.3 Å². The molecular weight excluding hydrogens is 878 g/mol. The number of carboxylic acids is 2. The molecule has 0 aliphatic heterocycles. The fourth-order valence-electron chi connectivity index (χ4n) is 5.81. The number of alkyl halides is 2. The maximum Gasteiger partial charge on any atom is 0.305 e. The Hall–Kier alpha value is -7.59. The van der Waals surface area contributed by atoms with Crippen molar-refractivity contribution in [2.75, 3.05) is 0 Å². The Morgan fingerprint density at radius 2 is 0.742 bits per heavy atom. The quantitative estimate of drug-likeness (QED) is 0.0330. The summed E-state index contributed by atoms with van der Waals surface area (Å²) in [6.45, 7) is 7.98. The molecule has 2 unspecified atom stereocenters. The summed E-state index contributed by atoms with van der Waals surface area (Å²) in [5.74, 6) is -20.8. The number of aliphatic carboxylic acids is 2. The van der Waals surface area contributed by atoms with Gasteiger partial charge in [0.05, 0.1) is 12.8 Å². The summed E-state index contributed by atoms with van der Waals surface area (Å²) in [5.41, 5.74) is 0.0162. The molecule has 2 aromatic carbocycles. The number of benzene rings is 2. The van der Waals surface area contributed by atoms with E-state index in [1.807, 2.05) is 10.6 Å². The molecule has 8 N–H and O–H groups in total. The third-order valence-corrected chi connectivity index (χ3v) is 9.54. The molecule has 2 rings (SSSR count). The number of carboxylic acid groups (broad SMARTS) is 2. The molecule has 8 atom stereocenters. The standard InChI is InChI=1S/C43H50F2N6O15/c1-19(2)31(50-42(65)33(56)23-13-9-7-10-14-23)40(63)46-21(5)38(61)48-25(17-27(52)53)35(58)29(44)37(60)30(45)36(59)26(18-28(54)55)49-39(62)22(6)47-41(64)32(20(3)4)51-43(66)34(57)24-15-11-8-12-16-24/h7-16,19-22,25-26,29-32H,17-18H2,1-6H3,(H,46,63)(H,47,64)(H,48,61)(H,49,62)(H,50,65)(H,51,66)(H,52,53)(H,54,55)/t21-,22-,25-,26-,29?,30?,31-,32-/m0/s1. The van der Waals surface area contributed by atoms with Crippen LogP contribution in [0.25, 0.3) is 0 Å². The Bertz CT molecular complexity index is 2050. The molecular formula is C43H50F2N6O15. The van der Waals surface area contributed by atoms with Crippen LogP contribution in [-0.4, -0.2) is 135 Å². The number of nitrogens with one attached hydrogen (secondary N) is 6. The Morgan fingerprint density at radius 1 is 0.439 bits per heavy atom. The third kappa shape index (κ3) is 15.9. The zero-order valence-electron chi connectivity index (χ0n) is 36.4. The monoisotopic (exact) mass is 928 g/mol. The Kier molecular flexibility index (Phi) is 20.7. The summed E-state index contributed by atoms with van der Waals surface area (Å²) in [5, 5.41) is 31.2. The van der Waals surface area contributed by atoms with Crippen molar-refractivity contribution in [2.24, 2.45) is 11.8 Å². The number of carbonyl (C=O) groups excluding carboxylic acids is 11. The van der Waals surface area contributed by atoms with Crippen molar-refractivity contribution in [1.82, 2.24) is 31.9 Å². The lowest BCUT2D eigenvalue weighted by Crippen LogP contribution is -2.58. The lowest BCUT2D eigenvalue weighted by Gasteiger charge is -2.25. The van der Waals surface area contributed by atoms with E-state index in [0.717, 1.165) is 13.8 Å². The predicted molar refractivity (Wildman–Crippen MR) is 223 cm³/mol. The first-order chi connectivity index (χ1) is 30.8. The predicted octanol–water partition coefficient (Wildman–Crippen LogP) is -0.654. The fourth-order valence-corrected chi connectivity index (χ4v) is 5.81. The maximum absolute atomic E-state index is 15.4. The van der Waals surface area contributed by atoms with Gasteiger partial charge in [-0.3, -0.25) is 62.3 Å². The smallest absolute Gasteiger partial charge is 0.305 e. The summed E-state index contributed by atoms with van der Waals surface area (Å²) in [7, 11) is 0. The van der Waals surface area contributed by atoms with Gasteiger partial charge in [0.2, 0.25) is 53.3 Å². The van der Waals surface area contributed by atoms with Gasteiger partial charge in [-0.2, -0.15) is 0 Å². The van der Waals surface area contributed by atoms with E-state index < -0.39 is 150 Å². The fraction of sp³-hybridized carbons (Fsp3) is 0.419. The van der Waals surface area contributed by atoms with Crippen LogP contribution in [0.1, 0.15) is 75.1 Å². The van der Waals surface area contributed by atoms with Crippen molar-refractivity contribution in [2.45, 2.75) is 103 Å². The van der Waals surface area contributed by atoms with Crippen LogP contribution < -0.4 is 31.9 Å². The topological polar surface area (TPSA) is 335 Å². The highest BCUT2D eigenvalue weighted by atomic mass is 19.1. The van der Waals surface area contributed by atoms with Crippen LogP contribution in [0.2, 0.25) is 0 Å². The second-order valence-electron chi connectivity index (χ2n) is 15.5. The average Bonchev–Trinajstić information content (AvgIpc) is 3.27. The largest absolute Gasteiger partial charge is 0.481 e. The van der Waals surface area contributed by atoms with Crippen LogP contribution in [0.4, 0.5) is 8.78 Å². The molecule has 0 radical (unpaired) electrons. The minimum absolute atomic E-state index is 0.00810. The number of amides is 6. The minimum Gasteiger partial charge on any atom is -0.481 e. The van der Waals surface area contributed by atoms with Crippen molar-refractivity contribution in [3.05, 3.63) is 71.8 Å². The van der Waals surface area contributed by atoms with E-state index in [1.165, 1.54) is 76.2 Å². The Balaban J connectivity index is 2.15. The highest BCUT2D eigenvalue weighted by molar-refractivity contribution is 6.43. The van der Waals surface area contributed by atoms with E-state index in [0.29, 0.717) is 0 Å². The lowest BCUT2D eigenvalue weighted by atomic mass is 9.95. The zero-order chi connectivity index (χ0) is 50.2. The lowest BCUT2D eigenvalue weighted by molar-refractivity contribution is -0.148. The average molecular weight is 929 g/mol. The highest BCUT2D eigenvalue weighted by Crippen LogP contribution is 2.14.